The zero-order valence-corrected chi connectivity index (χ0v) is 27.2. The molecule has 3 aliphatic heterocycles. The second kappa shape index (κ2) is 15.0. The standard InChI is InChI=1S/C31H47ClN6O4S/c1-22(23(2)34-20-28-6-5-7-29(42-28)24-8-10-25(32)11-9-24)30(35-21-33)31(39)38-18-14-27(15-19-38)37-16-12-26(13-17-37)36(3)43(4,40)41/h8-11,21,26-29,34H,2,5-7,12-20H2,1,3-4H3,(H2,33,35)/b30-22-. The van der Waals surface area contributed by atoms with Crippen LogP contribution in [-0.2, 0) is 19.6 Å². The average molecular weight is 635 g/mol. The fourth-order valence-corrected chi connectivity index (χ4v) is 7.22. The Hall–Kier alpha value is -2.44. The number of carbonyl (C=O) groups excluding carboxylic acids is 1. The summed E-state index contributed by atoms with van der Waals surface area (Å²) in [6.07, 6.45) is 8.83. The smallest absolute Gasteiger partial charge is 0.272 e. The van der Waals surface area contributed by atoms with Gasteiger partial charge < -0.3 is 25.6 Å². The van der Waals surface area contributed by atoms with Crippen LogP contribution in [-0.4, -0.2) is 99.0 Å². The van der Waals surface area contributed by atoms with E-state index in [1.165, 1.54) is 10.6 Å². The second-order valence-electron chi connectivity index (χ2n) is 11.9. The summed E-state index contributed by atoms with van der Waals surface area (Å²) >= 11 is 6.05. The highest BCUT2D eigenvalue weighted by Crippen LogP contribution is 2.32. The summed E-state index contributed by atoms with van der Waals surface area (Å²) in [5.74, 6) is -0.147. The number of ether oxygens (including phenoxy) is 1. The van der Waals surface area contributed by atoms with Gasteiger partial charge >= 0.3 is 0 Å². The van der Waals surface area contributed by atoms with Gasteiger partial charge in [0.2, 0.25) is 10.0 Å². The fraction of sp³-hybridized carbons (Fsp3) is 0.613. The number of carbonyl (C=O) groups is 1. The number of halogens is 1. The van der Waals surface area contributed by atoms with Gasteiger partial charge in [0.25, 0.3) is 5.91 Å². The van der Waals surface area contributed by atoms with Gasteiger partial charge in [-0.1, -0.05) is 30.3 Å². The number of rotatable bonds is 10. The van der Waals surface area contributed by atoms with Crippen LogP contribution in [0.1, 0.15) is 63.5 Å². The molecule has 238 valence electrons. The molecule has 0 bridgehead atoms. The molecule has 1 aromatic rings. The lowest BCUT2D eigenvalue weighted by molar-refractivity contribution is -0.128. The average Bonchev–Trinajstić information content (AvgIpc) is 3.01. The second-order valence-corrected chi connectivity index (χ2v) is 14.4. The van der Waals surface area contributed by atoms with E-state index in [2.05, 4.69) is 21.8 Å². The van der Waals surface area contributed by atoms with Gasteiger partial charge in [0.15, 0.2) is 0 Å². The number of nitrogens with zero attached hydrogens (tertiary/aromatic N) is 4. The number of amides is 1. The van der Waals surface area contributed by atoms with E-state index in [0.717, 1.165) is 69.9 Å². The lowest BCUT2D eigenvalue weighted by Gasteiger charge is -2.43. The third kappa shape index (κ3) is 8.82. The quantitative estimate of drug-likeness (QED) is 0.174. The minimum absolute atomic E-state index is 0.0204. The highest BCUT2D eigenvalue weighted by molar-refractivity contribution is 7.88. The van der Waals surface area contributed by atoms with Gasteiger partial charge in [0.1, 0.15) is 5.70 Å². The van der Waals surface area contributed by atoms with Crippen molar-refractivity contribution in [2.45, 2.75) is 76.2 Å². The summed E-state index contributed by atoms with van der Waals surface area (Å²) in [5.41, 5.74) is 8.38. The zero-order valence-electron chi connectivity index (χ0n) is 25.7. The van der Waals surface area contributed by atoms with Crippen LogP contribution in [0.4, 0.5) is 0 Å². The molecular formula is C31H47ClN6O4S. The van der Waals surface area contributed by atoms with Gasteiger partial charge in [-0.25, -0.2) is 17.7 Å². The van der Waals surface area contributed by atoms with Crippen molar-refractivity contribution in [2.75, 3.05) is 46.0 Å². The molecule has 10 nitrogen and oxygen atoms in total. The number of sulfonamides is 1. The van der Waals surface area contributed by atoms with Crippen LogP contribution in [0.2, 0.25) is 5.02 Å². The molecule has 0 spiro atoms. The number of nitrogens with one attached hydrogen (secondary N) is 1. The number of benzene rings is 1. The van der Waals surface area contributed by atoms with Crippen LogP contribution in [0, 0.1) is 0 Å². The van der Waals surface area contributed by atoms with Crippen molar-refractivity contribution in [1.82, 2.24) is 19.4 Å². The van der Waals surface area contributed by atoms with Crippen molar-refractivity contribution in [1.29, 1.82) is 0 Å². The monoisotopic (exact) mass is 634 g/mol. The third-order valence-electron chi connectivity index (χ3n) is 9.15. The molecule has 0 saturated carbocycles. The molecular weight excluding hydrogens is 588 g/mol. The number of hydrogen-bond donors (Lipinski definition) is 2. The largest absolute Gasteiger partial charge is 0.390 e. The van der Waals surface area contributed by atoms with E-state index in [4.69, 9.17) is 22.1 Å². The molecule has 12 heteroatoms. The van der Waals surface area contributed by atoms with Crippen LogP contribution in [0.25, 0.3) is 0 Å². The minimum Gasteiger partial charge on any atom is -0.390 e. The van der Waals surface area contributed by atoms with Crippen LogP contribution in [0.15, 0.2) is 52.8 Å². The SMILES string of the molecule is C=C(NCC1CCCC(c2ccc(Cl)cc2)O1)/C(C)=C(\N=CN)C(=O)N1CCC(N2CCC(N(C)S(C)(=O)=O)CC2)CC1. The molecule has 0 radical (unpaired) electrons. The summed E-state index contributed by atoms with van der Waals surface area (Å²) in [5, 5.41) is 4.08. The number of nitrogens with two attached hydrogens (primary N) is 1. The third-order valence-corrected chi connectivity index (χ3v) is 10.7. The van der Waals surface area contributed by atoms with Gasteiger partial charge in [-0.3, -0.25) is 4.79 Å². The Balaban J connectivity index is 1.28. The molecule has 3 heterocycles. The fourth-order valence-electron chi connectivity index (χ4n) is 6.34. The molecule has 2 unspecified atom stereocenters. The highest BCUT2D eigenvalue weighted by atomic mass is 35.5. The maximum absolute atomic E-state index is 13.6. The minimum atomic E-state index is -3.19. The van der Waals surface area contributed by atoms with Crippen LogP contribution < -0.4 is 11.1 Å². The Morgan fingerprint density at radius 2 is 1.79 bits per heavy atom. The first-order valence-electron chi connectivity index (χ1n) is 15.2. The summed E-state index contributed by atoms with van der Waals surface area (Å²) in [7, 11) is -1.52. The number of hydrogen-bond acceptors (Lipinski definition) is 7. The van der Waals surface area contributed by atoms with Gasteiger partial charge in [-0.05, 0) is 82.7 Å². The normalized spacial score (nSPS) is 23.9. The Morgan fingerprint density at radius 1 is 1.14 bits per heavy atom. The van der Waals surface area contributed by atoms with Crippen LogP contribution >= 0.6 is 11.6 Å². The molecule has 1 amide bonds. The van der Waals surface area contributed by atoms with E-state index in [0.29, 0.717) is 47.7 Å². The molecule has 4 rings (SSSR count). The van der Waals surface area contributed by atoms with E-state index < -0.39 is 10.0 Å². The molecule has 1 aromatic carbocycles. The first kappa shape index (κ1) is 33.5. The van der Waals surface area contributed by atoms with Crippen molar-refractivity contribution in [3.8, 4) is 0 Å². The summed E-state index contributed by atoms with van der Waals surface area (Å²) in [6, 6.07) is 8.24. The Morgan fingerprint density at radius 3 is 2.40 bits per heavy atom. The maximum Gasteiger partial charge on any atom is 0.272 e. The summed E-state index contributed by atoms with van der Waals surface area (Å²) in [6.45, 7) is 9.60. The lowest BCUT2D eigenvalue weighted by Crippen LogP contribution is -2.52. The van der Waals surface area contributed by atoms with Gasteiger partial charge in [0, 0.05) is 55.1 Å². The Labute approximate surface area is 262 Å². The van der Waals surface area contributed by atoms with Gasteiger partial charge in [0.05, 0.1) is 24.8 Å². The predicted octanol–water partition coefficient (Wildman–Crippen LogP) is 3.66. The van der Waals surface area contributed by atoms with Crippen molar-refractivity contribution in [2.24, 2.45) is 10.7 Å². The molecule has 3 saturated heterocycles. The first-order chi connectivity index (χ1) is 20.5. The number of likely N-dealkylation sites (tertiary alicyclic amines) is 2. The topological polar surface area (TPSA) is 121 Å². The Bertz CT molecular complexity index is 1290. The molecule has 3 fully saturated rings. The number of aliphatic imine (C=N–C) groups is 1. The van der Waals surface area contributed by atoms with Gasteiger partial charge in [-0.15, -0.1) is 0 Å². The summed E-state index contributed by atoms with van der Waals surface area (Å²) in [4.78, 5) is 22.1. The van der Waals surface area contributed by atoms with Gasteiger partial charge in [-0.2, -0.15) is 0 Å². The Kier molecular flexibility index (Phi) is 11.7. The van der Waals surface area contributed by atoms with Crippen molar-refractivity contribution >= 4 is 33.9 Å². The van der Waals surface area contributed by atoms with E-state index in [9.17, 15) is 13.2 Å². The van der Waals surface area contributed by atoms with Crippen molar-refractivity contribution < 1.29 is 17.9 Å². The summed E-state index contributed by atoms with van der Waals surface area (Å²) < 4.78 is 31.7. The molecule has 3 N–H and O–H groups in total. The molecule has 0 aliphatic carbocycles. The lowest BCUT2D eigenvalue weighted by atomic mass is 9.97. The molecule has 43 heavy (non-hydrogen) atoms. The van der Waals surface area contributed by atoms with Crippen LogP contribution in [0.3, 0.4) is 0 Å². The van der Waals surface area contributed by atoms with E-state index in [-0.39, 0.29) is 24.2 Å². The van der Waals surface area contributed by atoms with Crippen molar-refractivity contribution in [3.63, 3.8) is 0 Å². The van der Waals surface area contributed by atoms with Crippen molar-refractivity contribution in [3.05, 3.63) is 58.4 Å². The molecule has 0 aromatic heterocycles. The van der Waals surface area contributed by atoms with E-state index in [1.54, 1.807) is 7.05 Å². The maximum atomic E-state index is 13.6. The molecule has 3 aliphatic rings. The predicted molar refractivity (Wildman–Crippen MR) is 172 cm³/mol. The first-order valence-corrected chi connectivity index (χ1v) is 17.5. The molecule has 2 atom stereocenters. The van der Waals surface area contributed by atoms with Crippen LogP contribution in [0.5, 0.6) is 0 Å². The number of piperidine rings is 2. The van der Waals surface area contributed by atoms with E-state index in [1.807, 2.05) is 36.1 Å². The van der Waals surface area contributed by atoms with E-state index >= 15 is 0 Å². The zero-order chi connectivity index (χ0) is 31.1. The number of allylic oxidation sites excluding steroid dienone is 1. The highest BCUT2D eigenvalue weighted by Gasteiger charge is 2.33.